The zero-order chi connectivity index (χ0) is 12.3. The highest BCUT2D eigenvalue weighted by atomic mass is 32.1. The Balaban J connectivity index is 2.11. The number of thiophene rings is 1. The first-order valence-electron chi connectivity index (χ1n) is 5.78. The Bertz CT molecular complexity index is 492. The molecular formula is C14H16FNS. The van der Waals surface area contributed by atoms with Gasteiger partial charge in [0, 0.05) is 15.8 Å². The van der Waals surface area contributed by atoms with Gasteiger partial charge in [-0.1, -0.05) is 25.1 Å². The highest BCUT2D eigenvalue weighted by Gasteiger charge is 2.11. The fourth-order valence-electron chi connectivity index (χ4n) is 1.79. The lowest BCUT2D eigenvalue weighted by atomic mass is 10.1. The van der Waals surface area contributed by atoms with Gasteiger partial charge >= 0.3 is 0 Å². The van der Waals surface area contributed by atoms with Crippen molar-refractivity contribution in [2.45, 2.75) is 25.8 Å². The molecule has 3 heteroatoms. The predicted octanol–water partition coefficient (Wildman–Crippen LogP) is 3.69. The van der Waals surface area contributed by atoms with Crippen LogP contribution in [0.3, 0.4) is 0 Å². The van der Waals surface area contributed by atoms with Crippen molar-refractivity contribution in [2.24, 2.45) is 5.73 Å². The van der Waals surface area contributed by atoms with Crippen LogP contribution in [0.4, 0.5) is 4.39 Å². The standard InChI is InChI=1S/C14H16FNS/c1-2-11-7-8-14(17-11)13(16)9-10-5-3-4-6-12(10)15/h3-8,13H,2,9,16H2,1H3. The lowest BCUT2D eigenvalue weighted by molar-refractivity contribution is 0.595. The summed E-state index contributed by atoms with van der Waals surface area (Å²) in [5, 5.41) is 0. The van der Waals surface area contributed by atoms with Crippen molar-refractivity contribution in [2.75, 3.05) is 0 Å². The number of aryl methyl sites for hydroxylation is 1. The van der Waals surface area contributed by atoms with Crippen molar-refractivity contribution in [3.8, 4) is 0 Å². The minimum absolute atomic E-state index is 0.114. The van der Waals surface area contributed by atoms with Crippen LogP contribution >= 0.6 is 11.3 Å². The molecule has 1 unspecified atom stereocenters. The topological polar surface area (TPSA) is 26.0 Å². The summed E-state index contributed by atoms with van der Waals surface area (Å²) in [6.07, 6.45) is 1.58. The van der Waals surface area contributed by atoms with Gasteiger partial charge in [0.15, 0.2) is 0 Å². The van der Waals surface area contributed by atoms with Crippen LogP contribution in [0.1, 0.15) is 28.3 Å². The van der Waals surface area contributed by atoms with Gasteiger partial charge in [-0.05, 0) is 36.6 Å². The van der Waals surface area contributed by atoms with Gasteiger partial charge < -0.3 is 5.73 Å². The van der Waals surface area contributed by atoms with Gasteiger partial charge in [-0.15, -0.1) is 11.3 Å². The van der Waals surface area contributed by atoms with Crippen molar-refractivity contribution in [3.63, 3.8) is 0 Å². The van der Waals surface area contributed by atoms with E-state index < -0.39 is 0 Å². The van der Waals surface area contributed by atoms with E-state index in [4.69, 9.17) is 5.73 Å². The van der Waals surface area contributed by atoms with Crippen LogP contribution in [0.5, 0.6) is 0 Å². The van der Waals surface area contributed by atoms with Gasteiger partial charge in [0.25, 0.3) is 0 Å². The van der Waals surface area contributed by atoms with Crippen LogP contribution < -0.4 is 5.73 Å². The van der Waals surface area contributed by atoms with E-state index in [1.807, 2.05) is 6.07 Å². The maximum absolute atomic E-state index is 13.5. The van der Waals surface area contributed by atoms with E-state index in [9.17, 15) is 4.39 Å². The molecule has 0 saturated carbocycles. The third-order valence-electron chi connectivity index (χ3n) is 2.79. The number of rotatable bonds is 4. The van der Waals surface area contributed by atoms with Crippen LogP contribution in [0.2, 0.25) is 0 Å². The second-order valence-corrected chi connectivity index (χ2v) is 5.26. The fraction of sp³-hybridized carbons (Fsp3) is 0.286. The highest BCUT2D eigenvalue weighted by molar-refractivity contribution is 7.12. The molecule has 2 N–H and O–H groups in total. The summed E-state index contributed by atoms with van der Waals surface area (Å²) in [5.41, 5.74) is 6.79. The van der Waals surface area contributed by atoms with Gasteiger partial charge in [0.1, 0.15) is 5.82 Å². The minimum atomic E-state index is -0.171. The lowest BCUT2D eigenvalue weighted by Gasteiger charge is -2.10. The van der Waals surface area contributed by atoms with Crippen molar-refractivity contribution in [1.29, 1.82) is 0 Å². The van der Waals surface area contributed by atoms with E-state index in [0.29, 0.717) is 12.0 Å². The number of halogens is 1. The van der Waals surface area contributed by atoms with E-state index in [1.165, 1.54) is 10.9 Å². The van der Waals surface area contributed by atoms with Crippen LogP contribution in [0, 0.1) is 5.82 Å². The van der Waals surface area contributed by atoms with Crippen LogP contribution in [0.15, 0.2) is 36.4 Å². The summed E-state index contributed by atoms with van der Waals surface area (Å²) in [6, 6.07) is 10.9. The number of nitrogens with two attached hydrogens (primary N) is 1. The summed E-state index contributed by atoms with van der Waals surface area (Å²) >= 11 is 1.72. The summed E-state index contributed by atoms with van der Waals surface area (Å²) in [7, 11) is 0. The SMILES string of the molecule is CCc1ccc(C(N)Cc2ccccc2F)s1. The fourth-order valence-corrected chi connectivity index (χ4v) is 2.74. The van der Waals surface area contributed by atoms with Gasteiger partial charge in [-0.3, -0.25) is 0 Å². The molecule has 2 rings (SSSR count). The number of benzene rings is 1. The number of hydrogen-bond donors (Lipinski definition) is 1. The second-order valence-electron chi connectivity index (χ2n) is 4.06. The molecule has 1 aromatic carbocycles. The van der Waals surface area contributed by atoms with E-state index >= 15 is 0 Å². The second kappa shape index (κ2) is 5.43. The minimum Gasteiger partial charge on any atom is -0.323 e. The van der Waals surface area contributed by atoms with Crippen LogP contribution in [0.25, 0.3) is 0 Å². The van der Waals surface area contributed by atoms with Gasteiger partial charge in [-0.2, -0.15) is 0 Å². The molecule has 0 amide bonds. The molecule has 0 saturated heterocycles. The Morgan fingerprint density at radius 1 is 1.24 bits per heavy atom. The largest absolute Gasteiger partial charge is 0.323 e. The zero-order valence-electron chi connectivity index (χ0n) is 9.82. The smallest absolute Gasteiger partial charge is 0.126 e. The molecule has 1 aromatic heterocycles. The first kappa shape index (κ1) is 12.3. The van der Waals surface area contributed by atoms with Crippen LogP contribution in [-0.4, -0.2) is 0 Å². The van der Waals surface area contributed by atoms with E-state index in [1.54, 1.807) is 23.5 Å². The average molecular weight is 249 g/mol. The van der Waals surface area contributed by atoms with Crippen molar-refractivity contribution in [1.82, 2.24) is 0 Å². The summed E-state index contributed by atoms with van der Waals surface area (Å²) in [5.74, 6) is -0.171. The Morgan fingerprint density at radius 2 is 2.00 bits per heavy atom. The zero-order valence-corrected chi connectivity index (χ0v) is 10.6. The summed E-state index contributed by atoms with van der Waals surface area (Å²) < 4.78 is 13.5. The van der Waals surface area contributed by atoms with Crippen molar-refractivity contribution >= 4 is 11.3 Å². The maximum atomic E-state index is 13.5. The number of hydrogen-bond acceptors (Lipinski definition) is 2. The molecule has 1 atom stereocenters. The van der Waals surface area contributed by atoms with Crippen molar-refractivity contribution < 1.29 is 4.39 Å². The Labute approximate surface area is 105 Å². The summed E-state index contributed by atoms with van der Waals surface area (Å²) in [4.78, 5) is 2.45. The monoisotopic (exact) mass is 249 g/mol. The molecule has 1 nitrogen and oxygen atoms in total. The molecule has 0 aliphatic rings. The van der Waals surface area contributed by atoms with Crippen LogP contribution in [-0.2, 0) is 12.8 Å². The lowest BCUT2D eigenvalue weighted by Crippen LogP contribution is -2.12. The van der Waals surface area contributed by atoms with Gasteiger partial charge in [-0.25, -0.2) is 4.39 Å². The molecule has 17 heavy (non-hydrogen) atoms. The third kappa shape index (κ3) is 2.93. The van der Waals surface area contributed by atoms with E-state index in [-0.39, 0.29) is 11.9 Å². The molecule has 2 aromatic rings. The Hall–Kier alpha value is -1.19. The molecule has 0 aliphatic heterocycles. The molecule has 0 radical (unpaired) electrons. The molecule has 0 bridgehead atoms. The molecular weight excluding hydrogens is 233 g/mol. The summed E-state index contributed by atoms with van der Waals surface area (Å²) in [6.45, 7) is 2.12. The molecule has 1 heterocycles. The average Bonchev–Trinajstić information content (AvgIpc) is 2.81. The van der Waals surface area contributed by atoms with Gasteiger partial charge in [0.2, 0.25) is 0 Å². The third-order valence-corrected chi connectivity index (χ3v) is 4.16. The van der Waals surface area contributed by atoms with E-state index in [2.05, 4.69) is 19.1 Å². The Morgan fingerprint density at radius 3 is 2.65 bits per heavy atom. The predicted molar refractivity (Wildman–Crippen MR) is 70.7 cm³/mol. The first-order valence-corrected chi connectivity index (χ1v) is 6.60. The molecule has 90 valence electrons. The van der Waals surface area contributed by atoms with Crippen molar-refractivity contribution in [3.05, 3.63) is 57.5 Å². The Kier molecular flexibility index (Phi) is 3.92. The first-order chi connectivity index (χ1) is 8.20. The quantitative estimate of drug-likeness (QED) is 0.878. The molecule has 0 fully saturated rings. The highest BCUT2D eigenvalue weighted by Crippen LogP contribution is 2.25. The molecule has 0 aliphatic carbocycles. The normalized spacial score (nSPS) is 12.6. The maximum Gasteiger partial charge on any atom is 0.126 e. The molecule has 0 spiro atoms. The van der Waals surface area contributed by atoms with Gasteiger partial charge in [0.05, 0.1) is 0 Å². The van der Waals surface area contributed by atoms with E-state index in [0.717, 1.165) is 11.3 Å².